The lowest BCUT2D eigenvalue weighted by molar-refractivity contribution is -0.142. The highest BCUT2D eigenvalue weighted by Gasteiger charge is 2.36. The lowest BCUT2D eigenvalue weighted by Gasteiger charge is -2.48. The number of nitrogens with zero attached hydrogens (tertiary/aromatic N) is 4. The van der Waals surface area contributed by atoms with Crippen molar-refractivity contribution >= 4 is 5.96 Å². The van der Waals surface area contributed by atoms with Crippen molar-refractivity contribution in [1.29, 1.82) is 0 Å². The summed E-state index contributed by atoms with van der Waals surface area (Å²) in [6, 6.07) is 11.2. The number of hydrogen-bond donors (Lipinski definition) is 1. The summed E-state index contributed by atoms with van der Waals surface area (Å²) in [6.07, 6.45) is -0.648. The molecule has 2 atom stereocenters. The Morgan fingerprint density at radius 1 is 1.20 bits per heavy atom. The van der Waals surface area contributed by atoms with Crippen LogP contribution in [0, 0.1) is 5.92 Å². The van der Waals surface area contributed by atoms with Crippen LogP contribution in [0.5, 0.6) is 0 Å². The molecular weight excluding hydrogens is 391 g/mol. The third-order valence-electron chi connectivity index (χ3n) is 6.15. The van der Waals surface area contributed by atoms with E-state index in [1.165, 1.54) is 30.4 Å². The van der Waals surface area contributed by atoms with Crippen molar-refractivity contribution in [2.24, 2.45) is 10.9 Å². The highest BCUT2D eigenvalue weighted by Crippen LogP contribution is 2.31. The lowest BCUT2D eigenvalue weighted by atomic mass is 9.83. The predicted octanol–water partition coefficient (Wildman–Crippen LogP) is 3.04. The van der Waals surface area contributed by atoms with Crippen molar-refractivity contribution in [1.82, 2.24) is 20.0 Å². The van der Waals surface area contributed by atoms with Gasteiger partial charge in [0.15, 0.2) is 5.96 Å². The van der Waals surface area contributed by atoms with Crippen LogP contribution in [-0.2, 0) is 6.54 Å². The summed E-state index contributed by atoms with van der Waals surface area (Å²) in [4.78, 5) is 10.6. The number of likely N-dealkylation sites (N-methyl/N-ethyl adjacent to an activating group) is 1. The van der Waals surface area contributed by atoms with Crippen LogP contribution in [0.15, 0.2) is 35.3 Å². The second-order valence-corrected chi connectivity index (χ2v) is 8.49. The zero-order chi connectivity index (χ0) is 21.6. The highest BCUT2D eigenvalue weighted by atomic mass is 19.4. The largest absolute Gasteiger partial charge is 0.401 e. The Kier molecular flexibility index (Phi) is 7.99. The third-order valence-corrected chi connectivity index (χ3v) is 6.15. The van der Waals surface area contributed by atoms with E-state index < -0.39 is 12.7 Å². The summed E-state index contributed by atoms with van der Waals surface area (Å²) in [5.74, 6) is 1.40. The molecule has 5 nitrogen and oxygen atoms in total. The van der Waals surface area contributed by atoms with Gasteiger partial charge in [0.05, 0.1) is 6.54 Å². The van der Waals surface area contributed by atoms with Crippen molar-refractivity contribution in [3.8, 4) is 0 Å². The smallest absolute Gasteiger partial charge is 0.355 e. The molecule has 1 N–H and O–H groups in total. The number of alkyl halides is 3. The van der Waals surface area contributed by atoms with E-state index in [-0.39, 0.29) is 0 Å². The van der Waals surface area contributed by atoms with Gasteiger partial charge in [-0.2, -0.15) is 13.2 Å². The first-order chi connectivity index (χ1) is 14.4. The number of benzene rings is 1. The molecule has 168 valence electrons. The minimum atomic E-state index is -4.16. The van der Waals surface area contributed by atoms with Crippen LogP contribution in [0.25, 0.3) is 0 Å². The number of rotatable bonds is 6. The van der Waals surface area contributed by atoms with Gasteiger partial charge in [-0.3, -0.25) is 14.8 Å². The van der Waals surface area contributed by atoms with Crippen molar-refractivity contribution < 1.29 is 13.2 Å². The third kappa shape index (κ3) is 6.60. The van der Waals surface area contributed by atoms with E-state index in [1.807, 2.05) is 0 Å². The summed E-state index contributed by atoms with van der Waals surface area (Å²) in [7, 11) is 3.24. The molecular formula is C22H34F3N5. The first-order valence-corrected chi connectivity index (χ1v) is 10.8. The zero-order valence-electron chi connectivity index (χ0n) is 18.0. The van der Waals surface area contributed by atoms with Gasteiger partial charge in [-0.25, -0.2) is 0 Å². The molecule has 2 fully saturated rings. The zero-order valence-corrected chi connectivity index (χ0v) is 18.0. The van der Waals surface area contributed by atoms with Crippen LogP contribution in [0.4, 0.5) is 13.2 Å². The van der Waals surface area contributed by atoms with E-state index in [1.54, 1.807) is 7.05 Å². The number of piperidine rings is 2. The molecule has 2 heterocycles. The molecule has 2 unspecified atom stereocenters. The van der Waals surface area contributed by atoms with Crippen LogP contribution in [0.2, 0.25) is 0 Å². The molecule has 0 spiro atoms. The van der Waals surface area contributed by atoms with Gasteiger partial charge in [0.1, 0.15) is 0 Å². The van der Waals surface area contributed by atoms with E-state index >= 15 is 0 Å². The molecule has 2 aliphatic heterocycles. The number of fused-ring (bicyclic) bond motifs is 1. The van der Waals surface area contributed by atoms with Crippen molar-refractivity contribution in [3.05, 3.63) is 35.9 Å². The second-order valence-electron chi connectivity index (χ2n) is 8.49. The number of likely N-dealkylation sites (tertiary alicyclic amines) is 2. The maximum absolute atomic E-state index is 12.5. The van der Waals surface area contributed by atoms with Gasteiger partial charge in [0.25, 0.3) is 0 Å². The quantitative estimate of drug-likeness (QED) is 0.561. The fourth-order valence-electron chi connectivity index (χ4n) is 4.79. The fourth-order valence-corrected chi connectivity index (χ4v) is 4.79. The van der Waals surface area contributed by atoms with E-state index in [9.17, 15) is 13.2 Å². The molecule has 0 bridgehead atoms. The Labute approximate surface area is 177 Å². The van der Waals surface area contributed by atoms with Crippen molar-refractivity contribution in [2.45, 2.75) is 38.0 Å². The summed E-state index contributed by atoms with van der Waals surface area (Å²) >= 11 is 0. The van der Waals surface area contributed by atoms with Gasteiger partial charge in [-0.1, -0.05) is 30.3 Å². The summed E-state index contributed by atoms with van der Waals surface area (Å²) in [6.45, 7) is 3.90. The molecule has 30 heavy (non-hydrogen) atoms. The summed E-state index contributed by atoms with van der Waals surface area (Å²) in [5.41, 5.74) is 1.36. The Bertz CT molecular complexity index is 679. The second kappa shape index (κ2) is 10.5. The first kappa shape index (κ1) is 22.9. The number of aliphatic imine (C=N–C) groups is 1. The Hall–Kier alpha value is -1.80. The molecule has 1 aromatic carbocycles. The standard InChI is InChI=1S/C22H34F3N5/c1-26-21(27-11-14-28(2)17-22(23,24)25)30-13-10-20-19(16-30)9-6-12-29(20)15-18-7-4-3-5-8-18/h3-5,7-8,19-20H,6,9-17H2,1-2H3,(H,26,27). The molecule has 8 heteroatoms. The monoisotopic (exact) mass is 425 g/mol. The van der Waals surface area contributed by atoms with Crippen molar-refractivity contribution in [3.63, 3.8) is 0 Å². The fraction of sp³-hybridized carbons (Fsp3) is 0.682. The normalized spacial score (nSPS) is 23.5. The van der Waals surface area contributed by atoms with Gasteiger partial charge in [0.2, 0.25) is 0 Å². The first-order valence-electron chi connectivity index (χ1n) is 10.8. The lowest BCUT2D eigenvalue weighted by Crippen LogP contribution is -2.57. The van der Waals surface area contributed by atoms with Crippen molar-refractivity contribution in [2.75, 3.05) is 53.4 Å². The molecule has 0 radical (unpaired) electrons. The predicted molar refractivity (Wildman–Crippen MR) is 114 cm³/mol. The Balaban J connectivity index is 1.49. The number of nitrogens with one attached hydrogen (secondary N) is 1. The molecule has 2 aliphatic rings. The van der Waals surface area contributed by atoms with Crippen LogP contribution >= 0.6 is 0 Å². The molecule has 0 aliphatic carbocycles. The highest BCUT2D eigenvalue weighted by molar-refractivity contribution is 5.80. The average Bonchev–Trinajstić information content (AvgIpc) is 2.70. The van der Waals surface area contributed by atoms with E-state index in [0.29, 0.717) is 25.0 Å². The minimum absolute atomic E-state index is 0.323. The summed E-state index contributed by atoms with van der Waals surface area (Å²) < 4.78 is 37.4. The van der Waals surface area contributed by atoms with Gasteiger partial charge >= 0.3 is 6.18 Å². The SMILES string of the molecule is CN=C(NCCN(C)CC(F)(F)F)N1CCC2C(CCCN2Cc2ccccc2)C1. The van der Waals surface area contributed by atoms with Crippen LogP contribution < -0.4 is 5.32 Å². The maximum atomic E-state index is 12.5. The van der Waals surface area contributed by atoms with Crippen LogP contribution in [0.1, 0.15) is 24.8 Å². The molecule has 3 rings (SSSR count). The molecule has 0 saturated carbocycles. The number of guanidine groups is 1. The Morgan fingerprint density at radius 2 is 1.97 bits per heavy atom. The molecule has 1 aromatic rings. The van der Waals surface area contributed by atoms with E-state index in [4.69, 9.17) is 0 Å². The van der Waals surface area contributed by atoms with E-state index in [0.717, 1.165) is 38.6 Å². The van der Waals surface area contributed by atoms with E-state index in [2.05, 4.69) is 50.4 Å². The number of halogens is 3. The van der Waals surface area contributed by atoms with Gasteiger partial charge < -0.3 is 10.2 Å². The van der Waals surface area contributed by atoms with Crippen LogP contribution in [-0.4, -0.2) is 86.2 Å². The maximum Gasteiger partial charge on any atom is 0.401 e. The Morgan fingerprint density at radius 3 is 2.67 bits per heavy atom. The van der Waals surface area contributed by atoms with Gasteiger partial charge in [-0.05, 0) is 44.3 Å². The molecule has 0 aromatic heterocycles. The summed E-state index contributed by atoms with van der Waals surface area (Å²) in [5, 5.41) is 3.26. The topological polar surface area (TPSA) is 34.1 Å². The minimum Gasteiger partial charge on any atom is -0.355 e. The molecule has 2 saturated heterocycles. The van der Waals surface area contributed by atoms with Gasteiger partial charge in [-0.15, -0.1) is 0 Å². The van der Waals surface area contributed by atoms with Crippen LogP contribution in [0.3, 0.4) is 0 Å². The van der Waals surface area contributed by atoms with Gasteiger partial charge in [0, 0.05) is 45.8 Å². The molecule has 0 amide bonds. The number of hydrogen-bond acceptors (Lipinski definition) is 3. The average molecular weight is 426 g/mol.